The highest BCUT2D eigenvalue weighted by Crippen LogP contribution is 2.32. The number of rotatable bonds is 3. The molecule has 0 aliphatic rings. The number of aryl methyl sites for hydroxylation is 1. The molecule has 0 heterocycles. The third kappa shape index (κ3) is 3.62. The number of hydrogen-bond acceptors (Lipinski definition) is 1. The molecular weight excluding hydrogens is 352 g/mol. The number of nitrogens with one attached hydrogen (secondary N) is 1. The predicted octanol–water partition coefficient (Wildman–Crippen LogP) is 5.82. The summed E-state index contributed by atoms with van der Waals surface area (Å²) in [5, 5.41) is 3.67. The summed E-state index contributed by atoms with van der Waals surface area (Å²) in [6.07, 6.45) is 0. The molecule has 1 nitrogen and oxygen atoms in total. The molecule has 0 bridgehead atoms. The van der Waals surface area contributed by atoms with Gasteiger partial charge in [0.2, 0.25) is 0 Å². The SMILES string of the molecule is Cc1ccc(CNc2c(Cl)cc(F)cc2Cl)c(Br)c1. The minimum atomic E-state index is -0.447. The number of benzene rings is 2. The van der Waals surface area contributed by atoms with E-state index >= 15 is 0 Å². The predicted molar refractivity (Wildman–Crippen MR) is 82.6 cm³/mol. The number of anilines is 1. The van der Waals surface area contributed by atoms with Crippen LogP contribution in [0.1, 0.15) is 11.1 Å². The smallest absolute Gasteiger partial charge is 0.126 e. The van der Waals surface area contributed by atoms with Gasteiger partial charge in [-0.25, -0.2) is 4.39 Å². The van der Waals surface area contributed by atoms with Gasteiger partial charge in [-0.2, -0.15) is 0 Å². The van der Waals surface area contributed by atoms with Crippen molar-refractivity contribution in [2.75, 3.05) is 5.32 Å². The summed E-state index contributed by atoms with van der Waals surface area (Å²) in [4.78, 5) is 0. The molecule has 0 saturated carbocycles. The van der Waals surface area contributed by atoms with Crippen LogP contribution in [0.15, 0.2) is 34.8 Å². The van der Waals surface area contributed by atoms with Gasteiger partial charge >= 0.3 is 0 Å². The maximum absolute atomic E-state index is 13.1. The summed E-state index contributed by atoms with van der Waals surface area (Å²) in [5.74, 6) is -0.447. The second kappa shape index (κ2) is 6.12. The maximum atomic E-state index is 13.1. The summed E-state index contributed by atoms with van der Waals surface area (Å²) in [6.45, 7) is 2.57. The number of halogens is 4. The van der Waals surface area contributed by atoms with Gasteiger partial charge in [-0.05, 0) is 36.2 Å². The molecule has 0 aromatic heterocycles. The van der Waals surface area contributed by atoms with Crippen molar-refractivity contribution in [2.45, 2.75) is 13.5 Å². The van der Waals surface area contributed by atoms with Crippen LogP contribution in [0.4, 0.5) is 10.1 Å². The fraction of sp³-hybridized carbons (Fsp3) is 0.143. The van der Waals surface area contributed by atoms with Gasteiger partial charge in [-0.3, -0.25) is 0 Å². The largest absolute Gasteiger partial charge is 0.379 e. The Bertz CT molecular complexity index is 593. The van der Waals surface area contributed by atoms with Crippen LogP contribution in [0.3, 0.4) is 0 Å². The van der Waals surface area contributed by atoms with Crippen molar-refractivity contribution >= 4 is 44.8 Å². The van der Waals surface area contributed by atoms with Gasteiger partial charge in [-0.15, -0.1) is 0 Å². The lowest BCUT2D eigenvalue weighted by Gasteiger charge is -2.12. The molecule has 0 spiro atoms. The van der Waals surface area contributed by atoms with Crippen molar-refractivity contribution in [2.24, 2.45) is 0 Å². The van der Waals surface area contributed by atoms with Gasteiger partial charge < -0.3 is 5.32 Å². The van der Waals surface area contributed by atoms with Crippen molar-refractivity contribution in [3.8, 4) is 0 Å². The summed E-state index contributed by atoms with van der Waals surface area (Å²) in [6, 6.07) is 8.54. The van der Waals surface area contributed by atoms with E-state index in [0.717, 1.165) is 10.0 Å². The molecule has 0 unspecified atom stereocenters. The first-order valence-electron chi connectivity index (χ1n) is 5.61. The van der Waals surface area contributed by atoms with E-state index in [4.69, 9.17) is 23.2 Å². The van der Waals surface area contributed by atoms with Crippen molar-refractivity contribution in [1.29, 1.82) is 0 Å². The van der Waals surface area contributed by atoms with Gasteiger partial charge in [0.05, 0.1) is 15.7 Å². The molecular formula is C14H11BrCl2FN. The molecule has 1 N–H and O–H groups in total. The third-order valence-electron chi connectivity index (χ3n) is 2.67. The second-order valence-corrected chi connectivity index (χ2v) is 5.86. The average molecular weight is 363 g/mol. The minimum Gasteiger partial charge on any atom is -0.379 e. The quantitative estimate of drug-likeness (QED) is 0.725. The molecule has 2 rings (SSSR count). The topological polar surface area (TPSA) is 12.0 Å². The monoisotopic (exact) mass is 361 g/mol. The van der Waals surface area contributed by atoms with Crippen LogP contribution in [0.2, 0.25) is 10.0 Å². The summed E-state index contributed by atoms with van der Waals surface area (Å²) < 4.78 is 14.1. The standard InChI is InChI=1S/C14H11BrCl2FN/c1-8-2-3-9(11(15)4-8)7-19-14-12(16)5-10(18)6-13(14)17/h2-6,19H,7H2,1H3. The van der Waals surface area contributed by atoms with Crippen molar-refractivity contribution in [3.05, 3.63) is 61.8 Å². The molecule has 0 saturated heterocycles. The Morgan fingerprint density at radius 3 is 2.37 bits per heavy atom. The lowest BCUT2D eigenvalue weighted by molar-refractivity contribution is 0.628. The van der Waals surface area contributed by atoms with Crippen LogP contribution in [0.25, 0.3) is 0 Å². The zero-order valence-electron chi connectivity index (χ0n) is 10.1. The van der Waals surface area contributed by atoms with E-state index in [0.29, 0.717) is 12.2 Å². The van der Waals surface area contributed by atoms with E-state index < -0.39 is 5.82 Å². The fourth-order valence-electron chi connectivity index (χ4n) is 1.69. The third-order valence-corrected chi connectivity index (χ3v) is 4.01. The van der Waals surface area contributed by atoms with Crippen LogP contribution in [0, 0.1) is 12.7 Å². The van der Waals surface area contributed by atoms with Crippen LogP contribution in [-0.2, 0) is 6.54 Å². The Morgan fingerprint density at radius 2 is 1.79 bits per heavy atom. The average Bonchev–Trinajstić information content (AvgIpc) is 2.30. The molecule has 0 amide bonds. The molecule has 0 aliphatic carbocycles. The van der Waals surface area contributed by atoms with E-state index in [1.54, 1.807) is 0 Å². The van der Waals surface area contributed by atoms with E-state index in [1.165, 1.54) is 17.7 Å². The Balaban J connectivity index is 2.19. The Kier molecular flexibility index (Phi) is 4.71. The first kappa shape index (κ1) is 14.6. The van der Waals surface area contributed by atoms with Gasteiger partial charge in [0.15, 0.2) is 0 Å². The molecule has 5 heteroatoms. The highest BCUT2D eigenvalue weighted by Gasteiger charge is 2.09. The van der Waals surface area contributed by atoms with Crippen LogP contribution in [0.5, 0.6) is 0 Å². The van der Waals surface area contributed by atoms with Gasteiger partial charge in [-0.1, -0.05) is 51.3 Å². The second-order valence-electron chi connectivity index (χ2n) is 4.19. The van der Waals surface area contributed by atoms with Gasteiger partial charge in [0, 0.05) is 11.0 Å². The summed E-state index contributed by atoms with van der Waals surface area (Å²) in [5.41, 5.74) is 2.78. The van der Waals surface area contributed by atoms with Gasteiger partial charge in [0.25, 0.3) is 0 Å². The van der Waals surface area contributed by atoms with E-state index in [9.17, 15) is 4.39 Å². The normalized spacial score (nSPS) is 10.6. The first-order valence-corrected chi connectivity index (χ1v) is 7.15. The van der Waals surface area contributed by atoms with Crippen molar-refractivity contribution < 1.29 is 4.39 Å². The summed E-state index contributed by atoms with van der Waals surface area (Å²) >= 11 is 15.4. The molecule has 100 valence electrons. The molecule has 0 atom stereocenters. The first-order chi connectivity index (χ1) is 8.97. The Morgan fingerprint density at radius 1 is 1.16 bits per heavy atom. The van der Waals surface area contributed by atoms with E-state index in [2.05, 4.69) is 21.2 Å². The molecule has 2 aromatic rings. The fourth-order valence-corrected chi connectivity index (χ4v) is 2.92. The Hall–Kier alpha value is -0.770. The van der Waals surface area contributed by atoms with Crippen LogP contribution < -0.4 is 5.32 Å². The molecule has 2 aromatic carbocycles. The molecule has 0 radical (unpaired) electrons. The van der Waals surface area contributed by atoms with Crippen molar-refractivity contribution in [3.63, 3.8) is 0 Å². The Labute approximate surface area is 129 Å². The lowest BCUT2D eigenvalue weighted by Crippen LogP contribution is -2.02. The highest BCUT2D eigenvalue weighted by atomic mass is 79.9. The minimum absolute atomic E-state index is 0.272. The van der Waals surface area contributed by atoms with Crippen LogP contribution >= 0.6 is 39.1 Å². The van der Waals surface area contributed by atoms with Crippen molar-refractivity contribution in [1.82, 2.24) is 0 Å². The van der Waals surface area contributed by atoms with E-state index in [-0.39, 0.29) is 10.0 Å². The maximum Gasteiger partial charge on any atom is 0.126 e. The lowest BCUT2D eigenvalue weighted by atomic mass is 10.1. The van der Waals surface area contributed by atoms with Crippen LogP contribution in [-0.4, -0.2) is 0 Å². The number of hydrogen-bond donors (Lipinski definition) is 1. The molecule has 19 heavy (non-hydrogen) atoms. The molecule has 0 aliphatic heterocycles. The van der Waals surface area contributed by atoms with E-state index in [1.807, 2.05) is 25.1 Å². The zero-order chi connectivity index (χ0) is 14.0. The summed E-state index contributed by atoms with van der Waals surface area (Å²) in [7, 11) is 0. The van der Waals surface area contributed by atoms with Gasteiger partial charge in [0.1, 0.15) is 5.82 Å². The highest BCUT2D eigenvalue weighted by molar-refractivity contribution is 9.10. The molecule has 0 fully saturated rings. The zero-order valence-corrected chi connectivity index (χ0v) is 13.2.